The minimum Gasteiger partial charge on any atom is -0.310 e. The van der Waals surface area contributed by atoms with Gasteiger partial charge in [-0.3, -0.25) is 0 Å². The first-order chi connectivity index (χ1) is 9.31. The van der Waals surface area contributed by atoms with Crippen LogP contribution < -0.4 is 5.32 Å². The fraction of sp³-hybridized carbons (Fsp3) is 0.647. The fourth-order valence-electron chi connectivity index (χ4n) is 5.20. The van der Waals surface area contributed by atoms with Crippen LogP contribution in [0.2, 0.25) is 0 Å². The summed E-state index contributed by atoms with van der Waals surface area (Å²) in [4.78, 5) is 0. The number of halogens is 1. The SMILES string of the molecule is Brc1cccc(CN[C@@H]2C[C@@H]3C[C@H]2[C@@H]2CCC[C@H]32)c1. The number of nitrogens with one attached hydrogen (secondary N) is 1. The summed E-state index contributed by atoms with van der Waals surface area (Å²) in [5.74, 6) is 4.22. The van der Waals surface area contributed by atoms with Crippen molar-refractivity contribution >= 4 is 15.9 Å². The molecule has 1 aromatic rings. The molecule has 3 saturated carbocycles. The standard InChI is InChI=1S/C17H22BrN/c18-13-4-1-3-11(7-13)10-19-17-9-12-8-16(17)15-6-2-5-14(12)15/h1,3-4,7,12,14-17,19H,2,5-6,8-10H2/t12-,14+,15+,16-,17+/m0/s1. The van der Waals surface area contributed by atoms with Gasteiger partial charge in [0.1, 0.15) is 0 Å². The molecule has 3 aliphatic rings. The molecular weight excluding hydrogens is 298 g/mol. The first-order valence-electron chi connectivity index (χ1n) is 7.79. The third-order valence-corrected chi connectivity index (χ3v) is 6.38. The lowest BCUT2D eigenvalue weighted by atomic mass is 9.79. The van der Waals surface area contributed by atoms with E-state index in [0.29, 0.717) is 0 Å². The van der Waals surface area contributed by atoms with Crippen molar-refractivity contribution in [2.45, 2.75) is 44.7 Å². The normalized spacial score (nSPS) is 39.7. The first-order valence-corrected chi connectivity index (χ1v) is 8.58. The largest absolute Gasteiger partial charge is 0.310 e. The van der Waals surface area contributed by atoms with Crippen LogP contribution in [-0.4, -0.2) is 6.04 Å². The van der Waals surface area contributed by atoms with Gasteiger partial charge in [0, 0.05) is 17.1 Å². The van der Waals surface area contributed by atoms with Gasteiger partial charge in [-0.25, -0.2) is 0 Å². The van der Waals surface area contributed by atoms with Gasteiger partial charge in [-0.2, -0.15) is 0 Å². The third-order valence-electron chi connectivity index (χ3n) is 5.89. The second kappa shape index (κ2) is 4.89. The molecule has 2 bridgehead atoms. The zero-order valence-electron chi connectivity index (χ0n) is 11.3. The van der Waals surface area contributed by atoms with Crippen LogP contribution in [0.5, 0.6) is 0 Å². The van der Waals surface area contributed by atoms with Crippen molar-refractivity contribution in [3.8, 4) is 0 Å². The van der Waals surface area contributed by atoms with Crippen molar-refractivity contribution in [2.75, 3.05) is 0 Å². The van der Waals surface area contributed by atoms with E-state index in [1.807, 2.05) is 0 Å². The quantitative estimate of drug-likeness (QED) is 0.872. The van der Waals surface area contributed by atoms with E-state index in [1.165, 1.54) is 42.1 Å². The van der Waals surface area contributed by atoms with Crippen molar-refractivity contribution in [1.82, 2.24) is 5.32 Å². The Kier molecular flexibility index (Phi) is 3.19. The molecule has 1 nitrogen and oxygen atoms in total. The Morgan fingerprint density at radius 3 is 2.89 bits per heavy atom. The molecule has 0 aromatic heterocycles. The van der Waals surface area contributed by atoms with Crippen LogP contribution in [0.15, 0.2) is 28.7 Å². The summed E-state index contributed by atoms with van der Waals surface area (Å²) < 4.78 is 1.19. The van der Waals surface area contributed by atoms with Crippen molar-refractivity contribution in [3.05, 3.63) is 34.3 Å². The summed E-state index contributed by atoms with van der Waals surface area (Å²) in [6.07, 6.45) is 7.51. The highest BCUT2D eigenvalue weighted by molar-refractivity contribution is 9.10. The van der Waals surface area contributed by atoms with Gasteiger partial charge in [-0.05, 0) is 67.1 Å². The van der Waals surface area contributed by atoms with Gasteiger partial charge < -0.3 is 5.32 Å². The molecule has 1 aromatic carbocycles. The minimum absolute atomic E-state index is 0.795. The lowest BCUT2D eigenvalue weighted by Crippen LogP contribution is -2.38. The van der Waals surface area contributed by atoms with E-state index >= 15 is 0 Å². The Balaban J connectivity index is 1.40. The predicted molar refractivity (Wildman–Crippen MR) is 81.8 cm³/mol. The molecule has 102 valence electrons. The maximum Gasteiger partial charge on any atom is 0.0208 e. The zero-order chi connectivity index (χ0) is 12.8. The summed E-state index contributed by atoms with van der Waals surface area (Å²) in [5.41, 5.74) is 1.40. The molecule has 0 unspecified atom stereocenters. The molecule has 0 amide bonds. The van der Waals surface area contributed by atoms with Crippen molar-refractivity contribution in [2.24, 2.45) is 23.7 Å². The van der Waals surface area contributed by atoms with Gasteiger partial charge in [0.15, 0.2) is 0 Å². The smallest absolute Gasteiger partial charge is 0.0208 e. The molecule has 0 saturated heterocycles. The van der Waals surface area contributed by atoms with E-state index < -0.39 is 0 Å². The van der Waals surface area contributed by atoms with Gasteiger partial charge in [-0.15, -0.1) is 0 Å². The fourth-order valence-corrected chi connectivity index (χ4v) is 5.65. The molecule has 0 spiro atoms. The van der Waals surface area contributed by atoms with Crippen LogP contribution >= 0.6 is 15.9 Å². The van der Waals surface area contributed by atoms with E-state index in [0.717, 1.165) is 36.3 Å². The number of benzene rings is 1. The molecule has 3 aliphatic carbocycles. The second-order valence-corrected chi connectivity index (χ2v) is 7.69. The van der Waals surface area contributed by atoms with Crippen molar-refractivity contribution in [1.29, 1.82) is 0 Å². The summed E-state index contributed by atoms with van der Waals surface area (Å²) in [6.45, 7) is 1.03. The van der Waals surface area contributed by atoms with Crippen LogP contribution in [0.3, 0.4) is 0 Å². The topological polar surface area (TPSA) is 12.0 Å². The number of hydrogen-bond donors (Lipinski definition) is 1. The Labute approximate surface area is 124 Å². The van der Waals surface area contributed by atoms with Crippen LogP contribution in [0.1, 0.15) is 37.7 Å². The Hall–Kier alpha value is -0.340. The van der Waals surface area contributed by atoms with Gasteiger partial charge in [-0.1, -0.05) is 34.5 Å². The van der Waals surface area contributed by atoms with E-state index in [2.05, 4.69) is 45.5 Å². The highest BCUT2D eigenvalue weighted by atomic mass is 79.9. The molecule has 0 heterocycles. The average Bonchev–Trinajstić information content (AvgIpc) is 3.08. The summed E-state index contributed by atoms with van der Waals surface area (Å²) in [7, 11) is 0. The zero-order valence-corrected chi connectivity index (χ0v) is 12.9. The molecule has 1 N–H and O–H groups in total. The Morgan fingerprint density at radius 1 is 1.11 bits per heavy atom. The highest BCUT2D eigenvalue weighted by Gasteiger charge is 2.53. The van der Waals surface area contributed by atoms with E-state index in [-0.39, 0.29) is 0 Å². The number of hydrogen-bond acceptors (Lipinski definition) is 1. The van der Waals surface area contributed by atoms with Gasteiger partial charge in [0.2, 0.25) is 0 Å². The van der Waals surface area contributed by atoms with Crippen molar-refractivity contribution < 1.29 is 0 Å². The lowest BCUT2D eigenvalue weighted by Gasteiger charge is -2.32. The molecule has 19 heavy (non-hydrogen) atoms. The number of rotatable bonds is 3. The molecule has 0 radical (unpaired) electrons. The summed E-state index contributed by atoms with van der Waals surface area (Å²) >= 11 is 3.56. The molecule has 0 aliphatic heterocycles. The number of fused-ring (bicyclic) bond motifs is 5. The van der Waals surface area contributed by atoms with Crippen LogP contribution in [-0.2, 0) is 6.54 Å². The summed E-state index contributed by atoms with van der Waals surface area (Å²) in [6, 6.07) is 9.49. The Bertz CT molecular complexity index is 472. The van der Waals surface area contributed by atoms with Crippen molar-refractivity contribution in [3.63, 3.8) is 0 Å². The van der Waals surface area contributed by atoms with Crippen LogP contribution in [0, 0.1) is 23.7 Å². The molecule has 4 rings (SSSR count). The van der Waals surface area contributed by atoms with E-state index in [4.69, 9.17) is 0 Å². The lowest BCUT2D eigenvalue weighted by molar-refractivity contribution is 0.208. The summed E-state index contributed by atoms with van der Waals surface area (Å²) in [5, 5.41) is 3.85. The Morgan fingerprint density at radius 2 is 2.00 bits per heavy atom. The van der Waals surface area contributed by atoms with Crippen LogP contribution in [0.4, 0.5) is 0 Å². The van der Waals surface area contributed by atoms with Gasteiger partial charge >= 0.3 is 0 Å². The van der Waals surface area contributed by atoms with E-state index in [1.54, 1.807) is 0 Å². The average molecular weight is 320 g/mol. The minimum atomic E-state index is 0.795. The third kappa shape index (κ3) is 2.17. The maximum absolute atomic E-state index is 3.85. The molecular formula is C17H22BrN. The second-order valence-electron chi connectivity index (χ2n) is 6.77. The van der Waals surface area contributed by atoms with E-state index in [9.17, 15) is 0 Å². The molecule has 2 heteroatoms. The highest BCUT2D eigenvalue weighted by Crippen LogP contribution is 2.58. The van der Waals surface area contributed by atoms with Crippen LogP contribution in [0.25, 0.3) is 0 Å². The monoisotopic (exact) mass is 319 g/mol. The first kappa shape index (κ1) is 12.4. The predicted octanol–water partition coefficient (Wildman–Crippen LogP) is 4.36. The van der Waals surface area contributed by atoms with Gasteiger partial charge in [0.25, 0.3) is 0 Å². The molecule has 5 atom stereocenters. The maximum atomic E-state index is 3.85. The molecule has 3 fully saturated rings. The van der Waals surface area contributed by atoms with Gasteiger partial charge in [0.05, 0.1) is 0 Å².